The van der Waals surface area contributed by atoms with Gasteiger partial charge < -0.3 is 5.73 Å². The summed E-state index contributed by atoms with van der Waals surface area (Å²) in [5.41, 5.74) is 5.39. The highest BCUT2D eigenvalue weighted by atomic mass is 35.5. The van der Waals surface area contributed by atoms with Crippen molar-refractivity contribution < 1.29 is 9.59 Å². The molecule has 0 aromatic carbocycles. The quantitative estimate of drug-likeness (QED) is 0.763. The van der Waals surface area contributed by atoms with Gasteiger partial charge in [-0.05, 0) is 13.0 Å². The van der Waals surface area contributed by atoms with Gasteiger partial charge in [0, 0.05) is 5.57 Å². The topological polar surface area (TPSA) is 60.2 Å². The van der Waals surface area contributed by atoms with Gasteiger partial charge in [-0.1, -0.05) is 34.8 Å². The Hall–Kier alpha value is -0.350. The Bertz CT molecular complexity index is 371. The molecule has 0 amide bonds. The molecule has 2 N–H and O–H groups in total. The minimum absolute atomic E-state index is 0.133. The van der Waals surface area contributed by atoms with E-state index in [1.54, 1.807) is 0 Å². The maximum atomic E-state index is 11.5. The van der Waals surface area contributed by atoms with Crippen molar-refractivity contribution in [2.24, 2.45) is 5.73 Å². The Morgan fingerprint density at radius 3 is 1.93 bits per heavy atom. The van der Waals surface area contributed by atoms with E-state index in [1.165, 1.54) is 0 Å². The molecule has 0 radical (unpaired) electrons. The van der Waals surface area contributed by atoms with Crippen LogP contribution >= 0.6 is 34.8 Å². The molecule has 3 nitrogen and oxygen atoms in total. The molecule has 14 heavy (non-hydrogen) atoms. The third-order valence-corrected chi connectivity index (χ3v) is 2.94. The zero-order chi connectivity index (χ0) is 10.9. The first-order chi connectivity index (χ1) is 6.50. The monoisotopic (exact) mass is 253 g/mol. The Balaban J connectivity index is 3.19. The van der Waals surface area contributed by atoms with Crippen molar-refractivity contribution in [3.8, 4) is 0 Å². The van der Waals surface area contributed by atoms with Gasteiger partial charge in [0.2, 0.25) is 11.6 Å². The van der Waals surface area contributed by atoms with E-state index in [2.05, 4.69) is 0 Å². The fourth-order valence-corrected chi connectivity index (χ4v) is 1.74. The average molecular weight is 254 g/mol. The molecule has 0 fully saturated rings. The summed E-state index contributed by atoms with van der Waals surface area (Å²) in [6, 6.07) is 0. The summed E-state index contributed by atoms with van der Waals surface area (Å²) in [7, 11) is 0. The lowest BCUT2D eigenvalue weighted by Gasteiger charge is -2.13. The fraction of sp³-hybridized carbons (Fsp3) is 0.250. The van der Waals surface area contributed by atoms with Gasteiger partial charge in [0.05, 0.1) is 5.03 Å². The predicted octanol–water partition coefficient (Wildman–Crippen LogP) is 1.67. The molecule has 0 bridgehead atoms. The second-order valence-electron chi connectivity index (χ2n) is 2.62. The van der Waals surface area contributed by atoms with E-state index in [0.717, 1.165) is 0 Å². The van der Waals surface area contributed by atoms with Gasteiger partial charge in [0.25, 0.3) is 0 Å². The summed E-state index contributed by atoms with van der Waals surface area (Å²) in [5, 5.41) is -0.804. The summed E-state index contributed by atoms with van der Waals surface area (Å²) in [6.07, 6.45) is 0.212. The van der Waals surface area contributed by atoms with Crippen LogP contribution in [0, 0.1) is 0 Å². The third-order valence-electron chi connectivity index (χ3n) is 1.72. The second-order valence-corrected chi connectivity index (χ2v) is 3.75. The van der Waals surface area contributed by atoms with E-state index in [-0.39, 0.29) is 33.6 Å². The Morgan fingerprint density at radius 2 is 1.43 bits per heavy atom. The molecular formula is C8H6Cl3NO2. The molecule has 0 spiro atoms. The number of carbonyl (C=O) groups excluding carboxylic acids is 2. The first-order valence-corrected chi connectivity index (χ1v) is 4.87. The molecule has 0 unspecified atom stereocenters. The van der Waals surface area contributed by atoms with Gasteiger partial charge in [0.1, 0.15) is 10.1 Å². The van der Waals surface area contributed by atoms with E-state index >= 15 is 0 Å². The van der Waals surface area contributed by atoms with Crippen LogP contribution in [0.4, 0.5) is 0 Å². The van der Waals surface area contributed by atoms with Crippen LogP contribution in [0.3, 0.4) is 0 Å². The van der Waals surface area contributed by atoms with Crippen LogP contribution < -0.4 is 5.73 Å². The van der Waals surface area contributed by atoms with Crippen molar-refractivity contribution >= 4 is 46.4 Å². The SMILES string of the molecule is NCCC1=C(Cl)C(=O)C(Cl)=C(Cl)C1=O. The number of carbonyl (C=O) groups is 2. The Labute approximate surface area is 95.5 Å². The molecule has 6 heteroatoms. The minimum Gasteiger partial charge on any atom is -0.330 e. The van der Waals surface area contributed by atoms with Crippen molar-refractivity contribution in [1.29, 1.82) is 0 Å². The van der Waals surface area contributed by atoms with Gasteiger partial charge in [-0.25, -0.2) is 0 Å². The molecule has 0 saturated carbocycles. The number of ketones is 2. The molecule has 0 atom stereocenters. The van der Waals surface area contributed by atoms with Crippen LogP contribution in [0.1, 0.15) is 6.42 Å². The van der Waals surface area contributed by atoms with E-state index in [0.29, 0.717) is 0 Å². The number of Topliss-reactive ketones (excluding diaryl/α,β-unsaturated/α-hetero) is 2. The zero-order valence-corrected chi connectivity index (χ0v) is 9.21. The van der Waals surface area contributed by atoms with E-state index in [4.69, 9.17) is 40.5 Å². The third kappa shape index (κ3) is 1.86. The van der Waals surface area contributed by atoms with Crippen molar-refractivity contribution in [2.45, 2.75) is 6.42 Å². The highest BCUT2D eigenvalue weighted by Crippen LogP contribution is 2.32. The Kier molecular flexibility index (Phi) is 3.72. The minimum atomic E-state index is -0.624. The normalized spacial score (nSPS) is 18.3. The molecule has 0 aliphatic heterocycles. The lowest BCUT2D eigenvalue weighted by atomic mass is 10.00. The van der Waals surface area contributed by atoms with Crippen molar-refractivity contribution in [3.63, 3.8) is 0 Å². The number of rotatable bonds is 2. The molecule has 0 saturated heterocycles. The maximum Gasteiger partial charge on any atom is 0.217 e. The van der Waals surface area contributed by atoms with E-state index in [9.17, 15) is 9.59 Å². The lowest BCUT2D eigenvalue weighted by Crippen LogP contribution is -2.19. The largest absolute Gasteiger partial charge is 0.330 e. The van der Waals surface area contributed by atoms with Crippen LogP contribution in [-0.2, 0) is 9.59 Å². The molecule has 0 aromatic rings. The maximum absolute atomic E-state index is 11.5. The molecule has 76 valence electrons. The number of hydrogen-bond donors (Lipinski definition) is 1. The van der Waals surface area contributed by atoms with Crippen LogP contribution in [0.5, 0.6) is 0 Å². The van der Waals surface area contributed by atoms with Gasteiger partial charge in [-0.15, -0.1) is 0 Å². The highest BCUT2D eigenvalue weighted by molar-refractivity contribution is 6.64. The molecule has 1 aliphatic carbocycles. The summed E-state index contributed by atoms with van der Waals surface area (Å²) in [6.45, 7) is 0.215. The van der Waals surface area contributed by atoms with Gasteiger partial charge in [-0.2, -0.15) is 0 Å². The highest BCUT2D eigenvalue weighted by Gasteiger charge is 2.31. The molecule has 0 aromatic heterocycles. The Morgan fingerprint density at radius 1 is 0.929 bits per heavy atom. The number of allylic oxidation sites excluding steroid dienone is 3. The number of hydrogen-bond acceptors (Lipinski definition) is 3. The molecular weight excluding hydrogens is 248 g/mol. The first-order valence-electron chi connectivity index (χ1n) is 3.74. The van der Waals surface area contributed by atoms with Crippen LogP contribution in [0.15, 0.2) is 20.7 Å². The van der Waals surface area contributed by atoms with Crippen LogP contribution in [0.2, 0.25) is 0 Å². The number of nitrogens with two attached hydrogens (primary N) is 1. The number of halogens is 3. The summed E-state index contributed by atoms with van der Waals surface area (Å²) in [5.74, 6) is -1.15. The van der Waals surface area contributed by atoms with Crippen LogP contribution in [0.25, 0.3) is 0 Å². The van der Waals surface area contributed by atoms with E-state index in [1.807, 2.05) is 0 Å². The summed E-state index contributed by atoms with van der Waals surface area (Å²) < 4.78 is 0. The summed E-state index contributed by atoms with van der Waals surface area (Å²) >= 11 is 16.7. The molecule has 0 heterocycles. The second kappa shape index (κ2) is 4.45. The van der Waals surface area contributed by atoms with Gasteiger partial charge >= 0.3 is 0 Å². The molecule has 1 aliphatic rings. The van der Waals surface area contributed by atoms with E-state index < -0.39 is 11.6 Å². The van der Waals surface area contributed by atoms with Crippen molar-refractivity contribution in [3.05, 3.63) is 20.7 Å². The predicted molar refractivity (Wildman–Crippen MR) is 55.3 cm³/mol. The smallest absolute Gasteiger partial charge is 0.217 e. The summed E-state index contributed by atoms with van der Waals surface area (Å²) in [4.78, 5) is 22.8. The average Bonchev–Trinajstić information content (AvgIpc) is 2.19. The standard InChI is InChI=1S/C8H6Cl3NO2/c9-4-3(1-2-12)7(13)5(10)6(11)8(4)14/h1-2,12H2. The zero-order valence-electron chi connectivity index (χ0n) is 6.94. The first kappa shape index (κ1) is 11.7. The fourth-order valence-electron chi connectivity index (χ4n) is 1.03. The van der Waals surface area contributed by atoms with Crippen molar-refractivity contribution in [2.75, 3.05) is 6.54 Å². The van der Waals surface area contributed by atoms with Crippen molar-refractivity contribution in [1.82, 2.24) is 0 Å². The van der Waals surface area contributed by atoms with Gasteiger partial charge in [0.15, 0.2) is 0 Å². The molecule has 1 rings (SSSR count). The van der Waals surface area contributed by atoms with Crippen LogP contribution in [-0.4, -0.2) is 18.1 Å². The lowest BCUT2D eigenvalue weighted by molar-refractivity contribution is -0.115. The van der Waals surface area contributed by atoms with Gasteiger partial charge in [-0.3, -0.25) is 9.59 Å².